The molecule has 0 aromatic heterocycles. The summed E-state index contributed by atoms with van der Waals surface area (Å²) in [7, 11) is 0. The first kappa shape index (κ1) is 13.4. The van der Waals surface area contributed by atoms with Crippen LogP contribution in [0.15, 0.2) is 48.5 Å². The average molecular weight is 265 g/mol. The maximum atomic E-state index is 2.61. The first-order valence-corrected chi connectivity index (χ1v) is 7.71. The van der Waals surface area contributed by atoms with Crippen LogP contribution in [0.4, 0.5) is 0 Å². The number of hydrogen-bond donors (Lipinski definition) is 0. The summed E-state index contributed by atoms with van der Waals surface area (Å²) in [5.41, 5.74) is 5.65. The summed E-state index contributed by atoms with van der Waals surface area (Å²) in [6, 6.07) is 17.5. The van der Waals surface area contributed by atoms with E-state index in [0.29, 0.717) is 0 Å². The van der Waals surface area contributed by atoms with E-state index in [1.54, 1.807) is 0 Å². The minimum absolute atomic E-state index is 1.09. The van der Waals surface area contributed by atoms with Crippen molar-refractivity contribution in [2.75, 3.05) is 13.1 Å². The normalized spacial score (nSPS) is 16.2. The van der Waals surface area contributed by atoms with Gasteiger partial charge in [0.1, 0.15) is 0 Å². The quantitative estimate of drug-likeness (QED) is 0.781. The molecule has 0 bridgehead atoms. The minimum atomic E-state index is 1.09. The van der Waals surface area contributed by atoms with Crippen LogP contribution in [0.2, 0.25) is 0 Å². The van der Waals surface area contributed by atoms with Crippen molar-refractivity contribution in [1.82, 2.24) is 4.90 Å². The number of benzene rings is 2. The molecule has 0 unspecified atom stereocenters. The molecule has 0 radical (unpaired) electrons. The first-order valence-electron chi connectivity index (χ1n) is 7.71. The molecule has 2 aromatic carbocycles. The van der Waals surface area contributed by atoms with Gasteiger partial charge in [0.25, 0.3) is 0 Å². The molecule has 1 fully saturated rings. The van der Waals surface area contributed by atoms with Crippen LogP contribution in [0, 0.1) is 6.92 Å². The van der Waals surface area contributed by atoms with Gasteiger partial charge in [0, 0.05) is 6.54 Å². The summed E-state index contributed by atoms with van der Waals surface area (Å²) in [6.45, 7) is 5.84. The van der Waals surface area contributed by atoms with Gasteiger partial charge in [-0.3, -0.25) is 4.90 Å². The van der Waals surface area contributed by atoms with E-state index >= 15 is 0 Å². The zero-order valence-electron chi connectivity index (χ0n) is 12.3. The molecule has 1 heterocycles. The van der Waals surface area contributed by atoms with E-state index in [9.17, 15) is 0 Å². The van der Waals surface area contributed by atoms with Crippen LogP contribution in [0.1, 0.15) is 30.4 Å². The highest BCUT2D eigenvalue weighted by Crippen LogP contribution is 2.28. The third kappa shape index (κ3) is 2.94. The smallest absolute Gasteiger partial charge is 0.0242 e. The fourth-order valence-electron chi connectivity index (χ4n) is 3.14. The lowest BCUT2D eigenvalue weighted by atomic mass is 9.95. The van der Waals surface area contributed by atoms with Gasteiger partial charge in [0.05, 0.1) is 0 Å². The zero-order chi connectivity index (χ0) is 13.8. The van der Waals surface area contributed by atoms with E-state index in [1.807, 2.05) is 0 Å². The van der Waals surface area contributed by atoms with Gasteiger partial charge in [0.2, 0.25) is 0 Å². The van der Waals surface area contributed by atoms with Gasteiger partial charge in [-0.15, -0.1) is 0 Å². The Labute approximate surface area is 122 Å². The molecule has 0 atom stereocenters. The highest BCUT2D eigenvalue weighted by atomic mass is 15.1. The Morgan fingerprint density at radius 3 is 2.35 bits per heavy atom. The molecule has 0 amide bonds. The van der Waals surface area contributed by atoms with E-state index < -0.39 is 0 Å². The number of likely N-dealkylation sites (tertiary alicyclic amines) is 1. The number of nitrogens with zero attached hydrogens (tertiary/aromatic N) is 1. The molecule has 0 saturated carbocycles. The summed E-state index contributed by atoms with van der Waals surface area (Å²) in [6.07, 6.45) is 4.11. The van der Waals surface area contributed by atoms with Crippen LogP contribution >= 0.6 is 0 Å². The summed E-state index contributed by atoms with van der Waals surface area (Å²) in [5, 5.41) is 0. The van der Waals surface area contributed by atoms with E-state index in [4.69, 9.17) is 0 Å². The largest absolute Gasteiger partial charge is 0.299 e. The minimum Gasteiger partial charge on any atom is -0.299 e. The maximum absolute atomic E-state index is 2.61. The van der Waals surface area contributed by atoms with Gasteiger partial charge in [-0.25, -0.2) is 0 Å². The Bertz CT molecular complexity index is 553. The Kier molecular flexibility index (Phi) is 4.17. The lowest BCUT2D eigenvalue weighted by molar-refractivity contribution is 0.221. The fourth-order valence-corrected chi connectivity index (χ4v) is 3.14. The second-order valence-electron chi connectivity index (χ2n) is 5.80. The third-order valence-electron chi connectivity index (χ3n) is 4.33. The summed E-state index contributed by atoms with van der Waals surface area (Å²) >= 11 is 0. The monoisotopic (exact) mass is 265 g/mol. The molecule has 1 aliphatic heterocycles. The molecular weight excluding hydrogens is 242 g/mol. The Morgan fingerprint density at radius 2 is 1.60 bits per heavy atom. The second kappa shape index (κ2) is 6.23. The summed E-state index contributed by atoms with van der Waals surface area (Å²) in [5.74, 6) is 0. The maximum Gasteiger partial charge on any atom is 0.0242 e. The van der Waals surface area contributed by atoms with Gasteiger partial charge < -0.3 is 0 Å². The standard InChI is InChI=1S/C19H23N/c1-16-9-8-12-18(17-10-4-2-5-11-17)19(16)15-20-13-6-3-7-14-20/h2,4-5,8-12H,3,6-7,13-15H2,1H3. The molecule has 104 valence electrons. The molecule has 0 aliphatic carbocycles. The molecule has 2 aromatic rings. The van der Waals surface area contributed by atoms with Gasteiger partial charge in [-0.2, -0.15) is 0 Å². The molecule has 0 N–H and O–H groups in total. The van der Waals surface area contributed by atoms with Crippen LogP contribution in [-0.2, 0) is 6.54 Å². The van der Waals surface area contributed by atoms with Crippen molar-refractivity contribution in [2.45, 2.75) is 32.7 Å². The SMILES string of the molecule is Cc1cccc(-c2ccccc2)c1CN1CCCCC1. The zero-order valence-corrected chi connectivity index (χ0v) is 12.3. The Hall–Kier alpha value is -1.60. The first-order chi connectivity index (χ1) is 9.84. The summed E-state index contributed by atoms with van der Waals surface area (Å²) < 4.78 is 0. The van der Waals surface area contributed by atoms with Crippen LogP contribution < -0.4 is 0 Å². The highest BCUT2D eigenvalue weighted by molar-refractivity contribution is 5.68. The van der Waals surface area contributed by atoms with E-state index in [1.165, 1.54) is 54.6 Å². The van der Waals surface area contributed by atoms with Gasteiger partial charge in [-0.1, -0.05) is 55.0 Å². The number of piperidine rings is 1. The van der Waals surface area contributed by atoms with Crippen molar-refractivity contribution in [3.05, 3.63) is 59.7 Å². The molecule has 1 aliphatic rings. The third-order valence-corrected chi connectivity index (χ3v) is 4.33. The fraction of sp³-hybridized carbons (Fsp3) is 0.368. The molecule has 3 rings (SSSR count). The summed E-state index contributed by atoms with van der Waals surface area (Å²) in [4.78, 5) is 2.61. The van der Waals surface area contributed by atoms with Crippen molar-refractivity contribution >= 4 is 0 Å². The van der Waals surface area contributed by atoms with Gasteiger partial charge >= 0.3 is 0 Å². The van der Waals surface area contributed by atoms with E-state index in [-0.39, 0.29) is 0 Å². The average Bonchev–Trinajstić information content (AvgIpc) is 2.51. The molecule has 1 heteroatoms. The van der Waals surface area contributed by atoms with Crippen LogP contribution in [-0.4, -0.2) is 18.0 Å². The Morgan fingerprint density at radius 1 is 0.850 bits per heavy atom. The topological polar surface area (TPSA) is 3.24 Å². The van der Waals surface area contributed by atoms with Crippen LogP contribution in [0.25, 0.3) is 11.1 Å². The molecule has 20 heavy (non-hydrogen) atoms. The Balaban J connectivity index is 1.92. The van der Waals surface area contributed by atoms with Crippen molar-refractivity contribution in [3.63, 3.8) is 0 Å². The van der Waals surface area contributed by atoms with E-state index in [0.717, 1.165) is 6.54 Å². The van der Waals surface area contributed by atoms with Gasteiger partial charge in [-0.05, 0) is 55.1 Å². The van der Waals surface area contributed by atoms with Crippen molar-refractivity contribution < 1.29 is 0 Å². The molecular formula is C19H23N. The lowest BCUT2D eigenvalue weighted by Crippen LogP contribution is -2.29. The lowest BCUT2D eigenvalue weighted by Gasteiger charge is -2.28. The van der Waals surface area contributed by atoms with Crippen LogP contribution in [0.3, 0.4) is 0 Å². The predicted molar refractivity (Wildman–Crippen MR) is 85.7 cm³/mol. The van der Waals surface area contributed by atoms with Crippen molar-refractivity contribution in [1.29, 1.82) is 0 Å². The van der Waals surface area contributed by atoms with Crippen molar-refractivity contribution in [2.24, 2.45) is 0 Å². The van der Waals surface area contributed by atoms with Crippen molar-refractivity contribution in [3.8, 4) is 11.1 Å². The molecule has 0 spiro atoms. The van der Waals surface area contributed by atoms with E-state index in [2.05, 4.69) is 60.4 Å². The second-order valence-corrected chi connectivity index (χ2v) is 5.80. The highest BCUT2D eigenvalue weighted by Gasteiger charge is 2.14. The van der Waals surface area contributed by atoms with Crippen LogP contribution in [0.5, 0.6) is 0 Å². The molecule has 1 saturated heterocycles. The number of aryl methyl sites for hydroxylation is 1. The number of hydrogen-bond acceptors (Lipinski definition) is 1. The molecule has 1 nitrogen and oxygen atoms in total. The predicted octanol–water partition coefficient (Wildman–Crippen LogP) is 4.65. The van der Waals surface area contributed by atoms with Gasteiger partial charge in [0.15, 0.2) is 0 Å². The number of rotatable bonds is 3.